The van der Waals surface area contributed by atoms with Gasteiger partial charge in [-0.05, 0) is 43.7 Å². The third-order valence-electron chi connectivity index (χ3n) is 3.67. The minimum absolute atomic E-state index is 0.101. The summed E-state index contributed by atoms with van der Waals surface area (Å²) in [4.78, 5) is 0. The Bertz CT molecular complexity index is 702. The SMILES string of the molecule is CC(NCCc1ccccc1F)c1cc2ccccc2o1. The van der Waals surface area contributed by atoms with Gasteiger partial charge < -0.3 is 9.73 Å². The van der Waals surface area contributed by atoms with E-state index in [4.69, 9.17) is 4.42 Å². The van der Waals surface area contributed by atoms with Crippen molar-refractivity contribution in [1.29, 1.82) is 0 Å². The van der Waals surface area contributed by atoms with Crippen LogP contribution < -0.4 is 5.32 Å². The van der Waals surface area contributed by atoms with Gasteiger partial charge in [-0.1, -0.05) is 36.4 Å². The molecule has 3 aromatic rings. The van der Waals surface area contributed by atoms with Crippen molar-refractivity contribution in [2.24, 2.45) is 0 Å². The van der Waals surface area contributed by atoms with E-state index in [0.29, 0.717) is 13.0 Å². The molecule has 1 atom stereocenters. The topological polar surface area (TPSA) is 25.2 Å². The van der Waals surface area contributed by atoms with Crippen molar-refractivity contribution in [1.82, 2.24) is 5.32 Å². The Kier molecular flexibility index (Phi) is 4.02. The summed E-state index contributed by atoms with van der Waals surface area (Å²) >= 11 is 0. The smallest absolute Gasteiger partial charge is 0.134 e. The molecule has 0 amide bonds. The fraction of sp³-hybridized carbons (Fsp3) is 0.222. The monoisotopic (exact) mass is 283 g/mol. The average Bonchev–Trinajstić information content (AvgIpc) is 2.93. The molecule has 0 fully saturated rings. The van der Waals surface area contributed by atoms with Gasteiger partial charge in [-0.3, -0.25) is 0 Å². The van der Waals surface area contributed by atoms with Crippen LogP contribution in [0.1, 0.15) is 24.3 Å². The molecule has 0 saturated carbocycles. The second kappa shape index (κ2) is 6.10. The number of nitrogens with one attached hydrogen (secondary N) is 1. The highest BCUT2D eigenvalue weighted by atomic mass is 19.1. The van der Waals surface area contributed by atoms with Crippen molar-refractivity contribution in [3.63, 3.8) is 0 Å². The zero-order valence-corrected chi connectivity index (χ0v) is 12.0. The van der Waals surface area contributed by atoms with Crippen LogP contribution in [-0.2, 0) is 6.42 Å². The van der Waals surface area contributed by atoms with E-state index in [1.807, 2.05) is 36.4 Å². The zero-order valence-electron chi connectivity index (χ0n) is 12.0. The van der Waals surface area contributed by atoms with Crippen LogP contribution in [0.25, 0.3) is 11.0 Å². The van der Waals surface area contributed by atoms with E-state index in [1.165, 1.54) is 6.07 Å². The van der Waals surface area contributed by atoms with E-state index >= 15 is 0 Å². The van der Waals surface area contributed by atoms with Gasteiger partial charge in [0.15, 0.2) is 0 Å². The van der Waals surface area contributed by atoms with E-state index < -0.39 is 0 Å². The Morgan fingerprint density at radius 3 is 2.67 bits per heavy atom. The first-order valence-electron chi connectivity index (χ1n) is 7.19. The van der Waals surface area contributed by atoms with Crippen molar-refractivity contribution >= 4 is 11.0 Å². The van der Waals surface area contributed by atoms with E-state index in [-0.39, 0.29) is 11.9 Å². The van der Waals surface area contributed by atoms with Crippen LogP contribution in [0.5, 0.6) is 0 Å². The van der Waals surface area contributed by atoms with Crippen molar-refractivity contribution in [3.05, 3.63) is 71.7 Å². The molecule has 0 spiro atoms. The largest absolute Gasteiger partial charge is 0.459 e. The predicted octanol–water partition coefficient (Wildman–Crippen LogP) is 4.47. The van der Waals surface area contributed by atoms with Gasteiger partial charge in [0, 0.05) is 5.39 Å². The summed E-state index contributed by atoms with van der Waals surface area (Å²) in [5, 5.41) is 4.48. The molecular weight excluding hydrogens is 265 g/mol. The maximum Gasteiger partial charge on any atom is 0.134 e. The maximum atomic E-state index is 13.5. The first-order chi connectivity index (χ1) is 10.2. The highest BCUT2D eigenvalue weighted by molar-refractivity contribution is 5.77. The average molecular weight is 283 g/mol. The molecule has 108 valence electrons. The molecule has 0 saturated heterocycles. The Labute approximate surface area is 123 Å². The molecule has 0 radical (unpaired) electrons. The van der Waals surface area contributed by atoms with Gasteiger partial charge in [0.25, 0.3) is 0 Å². The molecule has 2 aromatic carbocycles. The number of furan rings is 1. The highest BCUT2D eigenvalue weighted by Gasteiger charge is 2.11. The van der Waals surface area contributed by atoms with Crippen LogP contribution in [0.2, 0.25) is 0 Å². The van der Waals surface area contributed by atoms with Crippen LogP contribution in [0.4, 0.5) is 4.39 Å². The molecular formula is C18H18FNO. The van der Waals surface area contributed by atoms with Crippen LogP contribution in [0.15, 0.2) is 59.0 Å². The summed E-state index contributed by atoms with van der Waals surface area (Å²) in [5.41, 5.74) is 1.64. The minimum atomic E-state index is -0.143. The first-order valence-corrected chi connectivity index (χ1v) is 7.19. The van der Waals surface area contributed by atoms with E-state index in [9.17, 15) is 4.39 Å². The summed E-state index contributed by atoms with van der Waals surface area (Å²) in [5.74, 6) is 0.764. The molecule has 1 N–H and O–H groups in total. The third kappa shape index (κ3) is 3.14. The lowest BCUT2D eigenvalue weighted by molar-refractivity contribution is 0.452. The van der Waals surface area contributed by atoms with Gasteiger partial charge in [-0.2, -0.15) is 0 Å². The van der Waals surface area contributed by atoms with Crippen LogP contribution in [0.3, 0.4) is 0 Å². The number of benzene rings is 2. The van der Waals surface area contributed by atoms with Gasteiger partial charge in [-0.15, -0.1) is 0 Å². The number of hydrogen-bond donors (Lipinski definition) is 1. The minimum Gasteiger partial charge on any atom is -0.459 e. The lowest BCUT2D eigenvalue weighted by atomic mass is 10.1. The second-order valence-electron chi connectivity index (χ2n) is 5.20. The summed E-state index contributed by atoms with van der Waals surface area (Å²) < 4.78 is 19.4. The fourth-order valence-electron chi connectivity index (χ4n) is 2.44. The lowest BCUT2D eigenvalue weighted by Crippen LogP contribution is -2.21. The van der Waals surface area contributed by atoms with E-state index in [1.54, 1.807) is 6.07 Å². The standard InChI is InChI=1S/C18H18FNO/c1-13(18-12-15-7-3-5-9-17(15)21-18)20-11-10-14-6-2-4-8-16(14)19/h2-9,12-13,20H,10-11H2,1H3. The predicted molar refractivity (Wildman–Crippen MR) is 82.7 cm³/mol. The summed E-state index contributed by atoms with van der Waals surface area (Å²) in [6.07, 6.45) is 0.664. The van der Waals surface area contributed by atoms with E-state index in [2.05, 4.69) is 18.3 Å². The first kappa shape index (κ1) is 13.8. The molecule has 21 heavy (non-hydrogen) atoms. The summed E-state index contributed by atoms with van der Waals surface area (Å²) in [6.45, 7) is 2.76. The van der Waals surface area contributed by atoms with Crippen LogP contribution in [0, 0.1) is 5.82 Å². The van der Waals surface area contributed by atoms with Gasteiger partial charge in [0.2, 0.25) is 0 Å². The van der Waals surface area contributed by atoms with Gasteiger partial charge >= 0.3 is 0 Å². The Morgan fingerprint density at radius 1 is 1.10 bits per heavy atom. The molecule has 1 heterocycles. The van der Waals surface area contributed by atoms with Crippen molar-refractivity contribution in [2.75, 3.05) is 6.54 Å². The highest BCUT2D eigenvalue weighted by Crippen LogP contribution is 2.23. The van der Waals surface area contributed by atoms with Crippen LogP contribution >= 0.6 is 0 Å². The Morgan fingerprint density at radius 2 is 1.86 bits per heavy atom. The maximum absolute atomic E-state index is 13.5. The molecule has 1 unspecified atom stereocenters. The van der Waals surface area contributed by atoms with Gasteiger partial charge in [-0.25, -0.2) is 4.39 Å². The zero-order chi connectivity index (χ0) is 14.7. The molecule has 2 nitrogen and oxygen atoms in total. The second-order valence-corrected chi connectivity index (χ2v) is 5.20. The van der Waals surface area contributed by atoms with Crippen molar-refractivity contribution in [2.45, 2.75) is 19.4 Å². The summed E-state index contributed by atoms with van der Waals surface area (Å²) in [6, 6.07) is 17.0. The molecule has 0 aliphatic heterocycles. The van der Waals surface area contributed by atoms with Gasteiger partial charge in [0.1, 0.15) is 17.2 Å². The molecule has 3 rings (SSSR count). The summed E-state index contributed by atoms with van der Waals surface area (Å²) in [7, 11) is 0. The Balaban J connectivity index is 1.61. The molecule has 3 heteroatoms. The molecule has 1 aromatic heterocycles. The number of halogens is 1. The number of rotatable bonds is 5. The van der Waals surface area contributed by atoms with Crippen molar-refractivity contribution in [3.8, 4) is 0 Å². The molecule has 0 bridgehead atoms. The van der Waals surface area contributed by atoms with Crippen molar-refractivity contribution < 1.29 is 8.81 Å². The normalized spacial score (nSPS) is 12.7. The number of para-hydroxylation sites is 1. The van der Waals surface area contributed by atoms with E-state index in [0.717, 1.165) is 22.3 Å². The third-order valence-corrected chi connectivity index (χ3v) is 3.67. The number of fused-ring (bicyclic) bond motifs is 1. The molecule has 0 aliphatic carbocycles. The fourth-order valence-corrected chi connectivity index (χ4v) is 2.44. The quantitative estimate of drug-likeness (QED) is 0.747. The van der Waals surface area contributed by atoms with Gasteiger partial charge in [0.05, 0.1) is 6.04 Å². The Hall–Kier alpha value is -2.13. The number of hydrogen-bond acceptors (Lipinski definition) is 2. The molecule has 0 aliphatic rings. The lowest BCUT2D eigenvalue weighted by Gasteiger charge is -2.11. The van der Waals surface area contributed by atoms with Crippen LogP contribution in [-0.4, -0.2) is 6.54 Å².